The first-order valence-electron chi connectivity index (χ1n) is 4.39. The van der Waals surface area contributed by atoms with E-state index in [1.54, 1.807) is 12.4 Å². The lowest BCUT2D eigenvalue weighted by Crippen LogP contribution is -1.86. The molecular weight excluding hydrogens is 252 g/mol. The fraction of sp³-hybridized carbons (Fsp3) is 0. The quantitative estimate of drug-likeness (QED) is 0.736. The zero-order valence-corrected chi connectivity index (χ0v) is 9.40. The van der Waals surface area contributed by atoms with E-state index in [2.05, 4.69) is 36.6 Å². The van der Waals surface area contributed by atoms with Gasteiger partial charge in [0.15, 0.2) is 0 Å². The van der Waals surface area contributed by atoms with E-state index in [9.17, 15) is 0 Å². The van der Waals surface area contributed by atoms with E-state index in [1.807, 2.05) is 30.3 Å². The Kier molecular flexibility index (Phi) is 3.11. The maximum atomic E-state index is 4.28. The predicted octanol–water partition coefficient (Wildman–Crippen LogP) is 2.85. The van der Waals surface area contributed by atoms with Crippen LogP contribution >= 0.6 is 15.9 Å². The maximum Gasteiger partial charge on any atom is 0.0887 e. The first-order chi connectivity index (χ1) is 7.40. The lowest BCUT2D eigenvalue weighted by molar-refractivity contribution is 1.24. The molecule has 2 aromatic heterocycles. The first-order valence-corrected chi connectivity index (χ1v) is 5.18. The van der Waals surface area contributed by atoms with Crippen LogP contribution in [0.1, 0.15) is 5.56 Å². The number of hydrogen-bond acceptors (Lipinski definition) is 2. The van der Waals surface area contributed by atoms with Crippen molar-refractivity contribution in [1.82, 2.24) is 9.97 Å². The molecule has 0 radical (unpaired) electrons. The molecule has 0 amide bonds. The number of aromatic nitrogens is 2. The molecule has 0 unspecified atom stereocenters. The molecule has 15 heavy (non-hydrogen) atoms. The van der Waals surface area contributed by atoms with Crippen LogP contribution in [0.4, 0.5) is 0 Å². The fourth-order valence-corrected chi connectivity index (χ4v) is 1.42. The average Bonchev–Trinajstić information content (AvgIpc) is 2.32. The number of halogens is 1. The number of pyridine rings is 2. The maximum absolute atomic E-state index is 4.28. The molecule has 2 aromatic rings. The summed E-state index contributed by atoms with van der Waals surface area (Å²) >= 11 is 3.05. The Hall–Kier alpha value is -1.66. The highest BCUT2D eigenvalue weighted by atomic mass is 79.9. The zero-order chi connectivity index (χ0) is 10.5. The monoisotopic (exact) mass is 258 g/mol. The van der Waals surface area contributed by atoms with Gasteiger partial charge in [-0.1, -0.05) is 12.0 Å². The molecule has 0 aliphatic carbocycles. The van der Waals surface area contributed by atoms with Crippen molar-refractivity contribution in [1.29, 1.82) is 0 Å². The third-order valence-corrected chi connectivity index (χ3v) is 2.08. The van der Waals surface area contributed by atoms with Crippen molar-refractivity contribution in [3.05, 3.63) is 48.3 Å². The van der Waals surface area contributed by atoms with Crippen LogP contribution in [0.2, 0.25) is 0 Å². The first kappa shape index (κ1) is 9.88. The highest BCUT2D eigenvalue weighted by Gasteiger charge is 1.98. The van der Waals surface area contributed by atoms with Gasteiger partial charge < -0.3 is 0 Å². The Morgan fingerprint density at radius 1 is 1.00 bits per heavy atom. The van der Waals surface area contributed by atoms with Crippen molar-refractivity contribution < 1.29 is 0 Å². The second kappa shape index (κ2) is 4.72. The van der Waals surface area contributed by atoms with Crippen molar-refractivity contribution in [3.63, 3.8) is 0 Å². The summed E-state index contributed by atoms with van der Waals surface area (Å²) < 4.78 is 0. The molecule has 0 N–H and O–H groups in total. The molecule has 0 aromatic carbocycles. The lowest BCUT2D eigenvalue weighted by Gasteiger charge is -1.98. The molecule has 0 bridgehead atoms. The van der Waals surface area contributed by atoms with Gasteiger partial charge in [-0.3, -0.25) is 9.97 Å². The molecule has 0 saturated heterocycles. The molecule has 2 heterocycles. The molecule has 0 atom stereocenters. The van der Waals surface area contributed by atoms with Crippen molar-refractivity contribution in [2.75, 3.05) is 0 Å². The zero-order valence-electron chi connectivity index (χ0n) is 7.81. The number of hydrogen-bond donors (Lipinski definition) is 0. The smallest absolute Gasteiger partial charge is 0.0887 e. The number of nitrogens with zero attached hydrogens (tertiary/aromatic N) is 2. The van der Waals surface area contributed by atoms with Crippen LogP contribution in [0.25, 0.3) is 11.4 Å². The van der Waals surface area contributed by atoms with Crippen LogP contribution in [-0.4, -0.2) is 9.97 Å². The SMILES string of the molecule is BrC#Cc1ccc(-c2ccccn2)nc1. The summed E-state index contributed by atoms with van der Waals surface area (Å²) in [5, 5.41) is 0. The van der Waals surface area contributed by atoms with Gasteiger partial charge in [-0.2, -0.15) is 0 Å². The third-order valence-electron chi connectivity index (χ3n) is 1.88. The Bertz CT molecular complexity index is 495. The van der Waals surface area contributed by atoms with E-state index in [0.29, 0.717) is 0 Å². The van der Waals surface area contributed by atoms with Crippen molar-refractivity contribution >= 4 is 15.9 Å². The molecule has 0 saturated carbocycles. The largest absolute Gasteiger partial charge is 0.255 e. The molecule has 0 spiro atoms. The van der Waals surface area contributed by atoms with Crippen molar-refractivity contribution in [3.8, 4) is 22.1 Å². The Morgan fingerprint density at radius 2 is 1.87 bits per heavy atom. The third kappa shape index (κ3) is 2.42. The Morgan fingerprint density at radius 3 is 2.47 bits per heavy atom. The summed E-state index contributed by atoms with van der Waals surface area (Å²) in [6.07, 6.45) is 3.49. The second-order valence-corrected chi connectivity index (χ2v) is 3.26. The molecule has 0 fully saturated rings. The van der Waals surface area contributed by atoms with Gasteiger partial charge in [-0.25, -0.2) is 0 Å². The van der Waals surface area contributed by atoms with E-state index in [4.69, 9.17) is 0 Å². The van der Waals surface area contributed by atoms with Crippen molar-refractivity contribution in [2.45, 2.75) is 0 Å². The summed E-state index contributed by atoms with van der Waals surface area (Å²) in [5.41, 5.74) is 2.61. The van der Waals surface area contributed by atoms with E-state index in [-0.39, 0.29) is 0 Å². The summed E-state index contributed by atoms with van der Waals surface area (Å²) in [5.74, 6) is 2.87. The molecule has 3 heteroatoms. The van der Waals surface area contributed by atoms with Gasteiger partial charge in [-0.15, -0.1) is 0 Å². The van der Waals surface area contributed by atoms with Gasteiger partial charge in [0.05, 0.1) is 11.4 Å². The fourth-order valence-electron chi connectivity index (χ4n) is 1.19. The minimum atomic E-state index is 0.857. The highest BCUT2D eigenvalue weighted by Crippen LogP contribution is 2.12. The predicted molar refractivity (Wildman–Crippen MR) is 63.3 cm³/mol. The van der Waals surface area contributed by atoms with E-state index >= 15 is 0 Å². The molecule has 72 valence electrons. The lowest BCUT2D eigenvalue weighted by atomic mass is 10.2. The van der Waals surface area contributed by atoms with Crippen LogP contribution in [0, 0.1) is 10.8 Å². The Labute approximate surface area is 96.5 Å². The van der Waals surface area contributed by atoms with Gasteiger partial charge in [-0.05, 0) is 29.1 Å². The van der Waals surface area contributed by atoms with E-state index in [0.717, 1.165) is 17.0 Å². The van der Waals surface area contributed by atoms with Crippen LogP contribution < -0.4 is 0 Å². The summed E-state index contributed by atoms with van der Waals surface area (Å²) in [7, 11) is 0. The van der Waals surface area contributed by atoms with Crippen LogP contribution in [0.3, 0.4) is 0 Å². The summed E-state index contributed by atoms with van der Waals surface area (Å²) in [6.45, 7) is 0. The standard InChI is InChI=1S/C12H7BrN2/c13-7-6-10-4-5-12(15-9-10)11-3-1-2-8-14-11/h1-5,8-9H. The molecule has 0 aliphatic heterocycles. The van der Waals surface area contributed by atoms with E-state index < -0.39 is 0 Å². The molecule has 2 rings (SSSR count). The average molecular weight is 259 g/mol. The van der Waals surface area contributed by atoms with E-state index in [1.165, 1.54) is 0 Å². The second-order valence-electron chi connectivity index (χ2n) is 2.87. The summed E-state index contributed by atoms with van der Waals surface area (Å²) in [4.78, 5) is 11.1. The van der Waals surface area contributed by atoms with Gasteiger partial charge in [0.1, 0.15) is 0 Å². The van der Waals surface area contributed by atoms with Crippen LogP contribution in [-0.2, 0) is 0 Å². The molecule has 0 aliphatic rings. The Balaban J connectivity index is 2.35. The van der Waals surface area contributed by atoms with Gasteiger partial charge in [0.25, 0.3) is 0 Å². The minimum absolute atomic E-state index is 0.857. The molecular formula is C12H7BrN2. The highest BCUT2D eigenvalue weighted by molar-refractivity contribution is 9.12. The minimum Gasteiger partial charge on any atom is -0.255 e. The van der Waals surface area contributed by atoms with Crippen LogP contribution in [0.5, 0.6) is 0 Å². The number of rotatable bonds is 1. The van der Waals surface area contributed by atoms with Gasteiger partial charge in [0, 0.05) is 33.9 Å². The summed E-state index contributed by atoms with van der Waals surface area (Å²) in [6, 6.07) is 9.59. The van der Waals surface area contributed by atoms with Crippen molar-refractivity contribution in [2.24, 2.45) is 0 Å². The van der Waals surface area contributed by atoms with Gasteiger partial charge in [0.2, 0.25) is 0 Å². The normalized spacial score (nSPS) is 9.13. The van der Waals surface area contributed by atoms with Crippen LogP contribution in [0.15, 0.2) is 42.7 Å². The van der Waals surface area contributed by atoms with Gasteiger partial charge >= 0.3 is 0 Å². The topological polar surface area (TPSA) is 25.8 Å². The molecule has 2 nitrogen and oxygen atoms in total.